The van der Waals surface area contributed by atoms with Crippen molar-refractivity contribution < 1.29 is 8.95 Å². The van der Waals surface area contributed by atoms with Crippen molar-refractivity contribution in [1.82, 2.24) is 0 Å². The molecular weight excluding hydrogens is 268 g/mol. The zero-order valence-corrected chi connectivity index (χ0v) is 12.2. The monoisotopic (exact) mass is 284 g/mol. The first kappa shape index (κ1) is 13.1. The number of ether oxygens (including phenoxy) is 1. The summed E-state index contributed by atoms with van der Waals surface area (Å²) in [5, 5.41) is 0. The second-order valence-electron chi connectivity index (χ2n) is 4.89. The molecule has 0 spiro atoms. The Morgan fingerprint density at radius 1 is 1.10 bits per heavy atom. The van der Waals surface area contributed by atoms with Gasteiger partial charge >= 0.3 is 0 Å². The van der Waals surface area contributed by atoms with Crippen LogP contribution >= 0.6 is 0 Å². The van der Waals surface area contributed by atoms with Gasteiger partial charge in [0.2, 0.25) is 0 Å². The lowest BCUT2D eigenvalue weighted by molar-refractivity contribution is 0.413. The molecule has 0 saturated heterocycles. The number of aryl methyl sites for hydroxylation is 1. The molecule has 0 fully saturated rings. The highest BCUT2D eigenvalue weighted by atomic mass is 32.2. The Kier molecular flexibility index (Phi) is 3.70. The van der Waals surface area contributed by atoms with Crippen molar-refractivity contribution >= 4 is 10.8 Å². The lowest BCUT2D eigenvalue weighted by atomic mass is 10.1. The first-order chi connectivity index (χ1) is 9.72. The second-order valence-corrected chi connectivity index (χ2v) is 6.34. The van der Waals surface area contributed by atoms with Crippen molar-refractivity contribution in [3.8, 4) is 5.75 Å². The Morgan fingerprint density at radius 3 is 2.65 bits per heavy atom. The van der Waals surface area contributed by atoms with Crippen LogP contribution in [0.3, 0.4) is 0 Å². The highest BCUT2D eigenvalue weighted by Crippen LogP contribution is 2.26. The molecular formula is C17H16O2S. The minimum Gasteiger partial charge on any atom is -0.461 e. The molecule has 0 bridgehead atoms. The van der Waals surface area contributed by atoms with Gasteiger partial charge < -0.3 is 4.74 Å². The van der Waals surface area contributed by atoms with Crippen LogP contribution in [-0.4, -0.2) is 9.96 Å². The van der Waals surface area contributed by atoms with Crippen LogP contribution in [0.25, 0.3) is 0 Å². The number of rotatable bonds is 3. The van der Waals surface area contributed by atoms with Crippen molar-refractivity contribution in [3.05, 3.63) is 71.5 Å². The highest BCUT2D eigenvalue weighted by Gasteiger charge is 2.14. The molecule has 0 N–H and O–H groups in total. The van der Waals surface area contributed by atoms with Crippen molar-refractivity contribution in [1.29, 1.82) is 0 Å². The number of hydrogen-bond donors (Lipinski definition) is 0. The molecule has 102 valence electrons. The van der Waals surface area contributed by atoms with E-state index in [2.05, 4.69) is 6.07 Å². The molecule has 0 unspecified atom stereocenters. The summed E-state index contributed by atoms with van der Waals surface area (Å²) in [6.45, 7) is 2.02. The van der Waals surface area contributed by atoms with Crippen LogP contribution in [0.5, 0.6) is 5.75 Å². The van der Waals surface area contributed by atoms with E-state index in [4.69, 9.17) is 4.74 Å². The SMILES string of the molecule is Cc1ccc([S@](=O)CC2=CCc3ccccc3O2)cc1. The summed E-state index contributed by atoms with van der Waals surface area (Å²) in [5.74, 6) is 2.10. The lowest BCUT2D eigenvalue weighted by Crippen LogP contribution is -2.11. The van der Waals surface area contributed by atoms with E-state index in [1.807, 2.05) is 55.5 Å². The van der Waals surface area contributed by atoms with E-state index < -0.39 is 10.8 Å². The minimum atomic E-state index is -1.06. The van der Waals surface area contributed by atoms with Crippen LogP contribution in [-0.2, 0) is 17.2 Å². The summed E-state index contributed by atoms with van der Waals surface area (Å²) in [6, 6.07) is 15.8. The number of allylic oxidation sites excluding steroid dienone is 1. The third kappa shape index (κ3) is 2.83. The lowest BCUT2D eigenvalue weighted by Gasteiger charge is -2.17. The van der Waals surface area contributed by atoms with Crippen LogP contribution in [0.1, 0.15) is 11.1 Å². The van der Waals surface area contributed by atoms with Crippen molar-refractivity contribution in [3.63, 3.8) is 0 Å². The van der Waals surface area contributed by atoms with Gasteiger partial charge in [-0.05, 0) is 43.2 Å². The average molecular weight is 284 g/mol. The second kappa shape index (κ2) is 5.63. The van der Waals surface area contributed by atoms with Crippen molar-refractivity contribution in [2.24, 2.45) is 0 Å². The van der Waals surface area contributed by atoms with Gasteiger partial charge in [-0.1, -0.05) is 35.9 Å². The Hall–Kier alpha value is -1.87. The molecule has 3 rings (SSSR count). The number of para-hydroxylation sites is 1. The fourth-order valence-corrected chi connectivity index (χ4v) is 3.21. The fraction of sp³-hybridized carbons (Fsp3) is 0.176. The molecule has 3 heteroatoms. The molecule has 2 aromatic rings. The van der Waals surface area contributed by atoms with Gasteiger partial charge in [0.05, 0.1) is 16.6 Å². The molecule has 2 aromatic carbocycles. The first-order valence-electron chi connectivity index (χ1n) is 6.62. The Bertz CT molecular complexity index is 672. The van der Waals surface area contributed by atoms with Gasteiger partial charge in [0.15, 0.2) is 0 Å². The predicted octanol–water partition coefficient (Wildman–Crippen LogP) is 3.62. The topological polar surface area (TPSA) is 26.3 Å². The summed E-state index contributed by atoms with van der Waals surface area (Å²) >= 11 is 0. The van der Waals surface area contributed by atoms with Gasteiger partial charge in [-0.25, -0.2) is 0 Å². The quantitative estimate of drug-likeness (QED) is 0.860. The zero-order chi connectivity index (χ0) is 13.9. The molecule has 0 aliphatic carbocycles. The standard InChI is InChI=1S/C17H16O2S/c1-13-6-10-16(11-7-13)20(18)12-15-9-8-14-4-2-3-5-17(14)19-15/h2-7,9-11H,8,12H2,1H3/t20-/m1/s1. The van der Waals surface area contributed by atoms with E-state index >= 15 is 0 Å². The van der Waals surface area contributed by atoms with Gasteiger partial charge in [0.1, 0.15) is 11.5 Å². The van der Waals surface area contributed by atoms with Crippen molar-refractivity contribution in [2.75, 3.05) is 5.75 Å². The van der Waals surface area contributed by atoms with Crippen LogP contribution in [0.15, 0.2) is 65.3 Å². The van der Waals surface area contributed by atoms with Crippen LogP contribution < -0.4 is 4.74 Å². The van der Waals surface area contributed by atoms with Gasteiger partial charge in [0, 0.05) is 4.90 Å². The number of hydrogen-bond acceptors (Lipinski definition) is 2. The molecule has 2 nitrogen and oxygen atoms in total. The third-order valence-corrected chi connectivity index (χ3v) is 4.67. The zero-order valence-electron chi connectivity index (χ0n) is 11.3. The molecule has 1 aliphatic heterocycles. The summed E-state index contributed by atoms with van der Waals surface area (Å²) in [4.78, 5) is 0.846. The van der Waals surface area contributed by atoms with Crippen molar-refractivity contribution in [2.45, 2.75) is 18.2 Å². The van der Waals surface area contributed by atoms with E-state index in [-0.39, 0.29) is 0 Å². The Labute approximate surface area is 121 Å². The average Bonchev–Trinajstić information content (AvgIpc) is 2.48. The molecule has 0 aromatic heterocycles. The Balaban J connectivity index is 1.72. The largest absolute Gasteiger partial charge is 0.461 e. The Morgan fingerprint density at radius 2 is 1.85 bits per heavy atom. The molecule has 0 amide bonds. The van der Waals surface area contributed by atoms with Gasteiger partial charge in [-0.15, -0.1) is 0 Å². The molecule has 1 aliphatic rings. The molecule has 1 atom stereocenters. The minimum absolute atomic E-state index is 0.428. The van der Waals surface area contributed by atoms with E-state index in [9.17, 15) is 4.21 Å². The fourth-order valence-electron chi connectivity index (χ4n) is 2.17. The summed E-state index contributed by atoms with van der Waals surface area (Å²) < 4.78 is 18.1. The van der Waals surface area contributed by atoms with E-state index in [1.165, 1.54) is 11.1 Å². The highest BCUT2D eigenvalue weighted by molar-refractivity contribution is 7.85. The van der Waals surface area contributed by atoms with Gasteiger partial charge in [-0.2, -0.15) is 0 Å². The third-order valence-electron chi connectivity index (χ3n) is 3.32. The molecule has 20 heavy (non-hydrogen) atoms. The summed E-state index contributed by atoms with van der Waals surface area (Å²) in [7, 11) is -1.06. The molecule has 0 saturated carbocycles. The smallest absolute Gasteiger partial charge is 0.130 e. The maximum Gasteiger partial charge on any atom is 0.130 e. The van der Waals surface area contributed by atoms with Crippen LogP contribution in [0.2, 0.25) is 0 Å². The van der Waals surface area contributed by atoms with Crippen LogP contribution in [0, 0.1) is 6.92 Å². The van der Waals surface area contributed by atoms with E-state index in [1.54, 1.807) is 0 Å². The van der Waals surface area contributed by atoms with E-state index in [0.29, 0.717) is 5.75 Å². The first-order valence-corrected chi connectivity index (χ1v) is 7.94. The molecule has 1 heterocycles. The predicted molar refractivity (Wildman–Crippen MR) is 81.3 cm³/mol. The van der Waals surface area contributed by atoms with Crippen LogP contribution in [0.4, 0.5) is 0 Å². The summed E-state index contributed by atoms with van der Waals surface area (Å²) in [5.41, 5.74) is 2.35. The van der Waals surface area contributed by atoms with E-state index in [0.717, 1.165) is 22.8 Å². The maximum absolute atomic E-state index is 12.3. The maximum atomic E-state index is 12.3. The van der Waals surface area contributed by atoms with Gasteiger partial charge in [-0.3, -0.25) is 4.21 Å². The van der Waals surface area contributed by atoms with Gasteiger partial charge in [0.25, 0.3) is 0 Å². The molecule has 0 radical (unpaired) electrons. The number of benzene rings is 2. The number of fused-ring (bicyclic) bond motifs is 1. The summed E-state index contributed by atoms with van der Waals surface area (Å²) in [6.07, 6.45) is 2.87. The normalized spacial score (nSPS) is 14.9.